The third-order valence-corrected chi connectivity index (χ3v) is 7.25. The van der Waals surface area contributed by atoms with Crippen molar-refractivity contribution in [3.63, 3.8) is 0 Å². The number of carbonyl (C=O) groups is 2. The van der Waals surface area contributed by atoms with Gasteiger partial charge in [0.1, 0.15) is 5.82 Å². The second kappa shape index (κ2) is 10.8. The van der Waals surface area contributed by atoms with Crippen LogP contribution in [0.2, 0.25) is 5.15 Å². The number of rotatable bonds is 9. The number of aromatic amines is 1. The van der Waals surface area contributed by atoms with Gasteiger partial charge in [-0.15, -0.1) is 0 Å². The van der Waals surface area contributed by atoms with Crippen LogP contribution in [0.5, 0.6) is 0 Å². The summed E-state index contributed by atoms with van der Waals surface area (Å²) in [5, 5.41) is 25.5. The zero-order valence-electron chi connectivity index (χ0n) is 20.0. The van der Waals surface area contributed by atoms with E-state index in [0.717, 1.165) is 45.1 Å². The Kier molecular flexibility index (Phi) is 7.25. The lowest BCUT2D eigenvalue weighted by Crippen LogP contribution is -2.14. The fraction of sp³-hybridized carbons (Fsp3) is 0.200. The number of halogens is 2. The first-order valence-electron chi connectivity index (χ1n) is 11.7. The Morgan fingerprint density at radius 2 is 2.00 bits per heavy atom. The van der Waals surface area contributed by atoms with Crippen molar-refractivity contribution in [1.29, 1.82) is 0 Å². The molecule has 38 heavy (non-hydrogen) atoms. The van der Waals surface area contributed by atoms with Gasteiger partial charge in [-0.1, -0.05) is 42.2 Å². The van der Waals surface area contributed by atoms with Gasteiger partial charge >= 0.3 is 5.97 Å². The molecule has 0 saturated carbocycles. The Balaban J connectivity index is 1.58. The maximum atomic E-state index is 12.6. The Morgan fingerprint density at radius 3 is 2.68 bits per heavy atom. The maximum absolute atomic E-state index is 12.6. The van der Waals surface area contributed by atoms with E-state index in [-0.39, 0.29) is 29.2 Å². The van der Waals surface area contributed by atoms with Crippen LogP contribution in [0.3, 0.4) is 0 Å². The molecule has 0 unspecified atom stereocenters. The normalized spacial score (nSPS) is 11.2. The summed E-state index contributed by atoms with van der Waals surface area (Å²) >= 11 is 10.00. The predicted molar refractivity (Wildman–Crippen MR) is 143 cm³/mol. The van der Waals surface area contributed by atoms with Crippen LogP contribution >= 0.6 is 27.5 Å². The number of amides is 1. The number of unbranched alkanes of at least 4 members (excludes halogenated alkanes) is 1. The molecule has 1 amide bonds. The van der Waals surface area contributed by atoms with Gasteiger partial charge in [0.15, 0.2) is 10.8 Å². The van der Waals surface area contributed by atoms with Crippen LogP contribution < -0.4 is 5.32 Å². The molecule has 1 aliphatic carbocycles. The van der Waals surface area contributed by atoms with E-state index in [2.05, 4.69) is 53.8 Å². The van der Waals surface area contributed by atoms with Crippen LogP contribution in [0, 0.1) is 0 Å². The molecule has 194 valence electrons. The largest absolute Gasteiger partial charge is 0.476 e. The molecule has 0 atom stereocenters. The number of tetrazole rings is 1. The summed E-state index contributed by atoms with van der Waals surface area (Å²) in [5.41, 5.74) is 4.60. The summed E-state index contributed by atoms with van der Waals surface area (Å²) in [6, 6.07) is 8.87. The van der Waals surface area contributed by atoms with Crippen molar-refractivity contribution in [2.75, 3.05) is 5.32 Å². The number of anilines is 1. The van der Waals surface area contributed by atoms with E-state index in [9.17, 15) is 14.7 Å². The predicted octanol–water partition coefficient (Wildman–Crippen LogP) is 5.52. The molecular formula is C25H21BrClN7O4. The fourth-order valence-electron chi connectivity index (χ4n) is 4.37. The lowest BCUT2D eigenvalue weighted by Gasteiger charge is -2.13. The summed E-state index contributed by atoms with van der Waals surface area (Å²) in [4.78, 5) is 29.1. The molecule has 3 N–H and O–H groups in total. The van der Waals surface area contributed by atoms with Crippen LogP contribution in [0.15, 0.2) is 51.7 Å². The summed E-state index contributed by atoms with van der Waals surface area (Å²) in [5.74, 6) is -0.767. The van der Waals surface area contributed by atoms with Crippen LogP contribution in [0.1, 0.15) is 52.0 Å². The highest BCUT2D eigenvalue weighted by atomic mass is 79.9. The first kappa shape index (κ1) is 25.6. The van der Waals surface area contributed by atoms with Gasteiger partial charge in [0, 0.05) is 27.6 Å². The lowest BCUT2D eigenvalue weighted by atomic mass is 10.0. The van der Waals surface area contributed by atoms with Gasteiger partial charge in [-0.25, -0.2) is 14.9 Å². The molecule has 0 spiro atoms. The highest BCUT2D eigenvalue weighted by Crippen LogP contribution is 2.46. The highest BCUT2D eigenvalue weighted by molar-refractivity contribution is 9.10. The van der Waals surface area contributed by atoms with E-state index >= 15 is 0 Å². The number of fused-ring (bicyclic) bond motifs is 1. The molecule has 1 aromatic carbocycles. The van der Waals surface area contributed by atoms with E-state index in [1.54, 1.807) is 29.2 Å². The first-order chi connectivity index (χ1) is 18.4. The molecule has 0 bridgehead atoms. The lowest BCUT2D eigenvalue weighted by molar-refractivity contribution is 0.0685. The average molecular weight is 599 g/mol. The van der Waals surface area contributed by atoms with E-state index in [1.807, 2.05) is 18.2 Å². The highest BCUT2D eigenvalue weighted by Gasteiger charge is 2.28. The molecule has 0 saturated heterocycles. The van der Waals surface area contributed by atoms with E-state index in [0.29, 0.717) is 17.8 Å². The number of aromatic carboxylic acids is 1. The molecule has 11 nitrogen and oxygen atoms in total. The standard InChI is InChI=1S/C25H21BrClN7O4/c1-2-3-4-18-28-22(27)21(24(36)37)34(18)11-16-15-9-10-38-12-17(15)20(26)19(16)13-5-7-14(8-6-13)23(35)29-25-30-32-33-31-25/h5-10,12H,2-4,11H2,1H3,(H,36,37)(H2,29,30,31,32,33,35). The van der Waals surface area contributed by atoms with E-state index < -0.39 is 5.97 Å². The molecule has 3 heterocycles. The number of carboxylic acids is 1. The molecule has 13 heteroatoms. The van der Waals surface area contributed by atoms with Crippen LogP contribution in [0.4, 0.5) is 5.95 Å². The number of nitrogens with zero attached hydrogens (tertiary/aromatic N) is 5. The van der Waals surface area contributed by atoms with Gasteiger partial charge in [-0.3, -0.25) is 10.1 Å². The van der Waals surface area contributed by atoms with Gasteiger partial charge in [0.05, 0.1) is 19.1 Å². The molecule has 2 aliphatic rings. The smallest absolute Gasteiger partial charge is 0.355 e. The van der Waals surface area contributed by atoms with Crippen molar-refractivity contribution in [1.82, 2.24) is 30.2 Å². The summed E-state index contributed by atoms with van der Waals surface area (Å²) in [6.07, 6.45) is 5.58. The second-order valence-electron chi connectivity index (χ2n) is 8.50. The van der Waals surface area contributed by atoms with Crippen molar-refractivity contribution >= 4 is 45.4 Å². The number of carboxylic acid groups (broad SMARTS) is 1. The molecule has 0 fully saturated rings. The van der Waals surface area contributed by atoms with Crippen LogP contribution in [-0.2, 0) is 13.0 Å². The van der Waals surface area contributed by atoms with Crippen molar-refractivity contribution < 1.29 is 19.1 Å². The SMILES string of the molecule is CCCCc1nc(Cl)c(C(=O)O)n1Cc1c2ccocc-2c(Br)c1-c1ccc(C(=O)Nc2nnn[nH]2)cc1. The second-order valence-corrected chi connectivity index (χ2v) is 9.65. The number of carbonyl (C=O) groups excluding carboxylic acids is 1. The zero-order valence-corrected chi connectivity index (χ0v) is 22.4. The minimum atomic E-state index is -1.14. The number of H-pyrrole nitrogens is 1. The topological polar surface area (TPSA) is 152 Å². The zero-order chi connectivity index (χ0) is 26.8. The monoisotopic (exact) mass is 597 g/mol. The molecule has 3 aromatic rings. The Morgan fingerprint density at radius 1 is 1.21 bits per heavy atom. The van der Waals surface area contributed by atoms with Crippen molar-refractivity contribution in [3.8, 4) is 22.3 Å². The number of aryl methyl sites for hydroxylation is 1. The third kappa shape index (κ3) is 4.79. The minimum Gasteiger partial charge on any atom is -0.476 e. The quantitative estimate of drug-likeness (QED) is 0.201. The molecule has 0 radical (unpaired) electrons. The Hall–Kier alpha value is -4.03. The van der Waals surface area contributed by atoms with Crippen LogP contribution in [0.25, 0.3) is 22.3 Å². The summed E-state index contributed by atoms with van der Waals surface area (Å²) in [7, 11) is 0. The van der Waals surface area contributed by atoms with Gasteiger partial charge in [-0.05, 0) is 67.7 Å². The molecule has 2 aromatic heterocycles. The van der Waals surface area contributed by atoms with Crippen molar-refractivity contribution in [2.24, 2.45) is 0 Å². The van der Waals surface area contributed by atoms with Crippen LogP contribution in [-0.4, -0.2) is 47.2 Å². The number of imidazole rings is 1. The summed E-state index contributed by atoms with van der Waals surface area (Å²) in [6.45, 7) is 2.28. The van der Waals surface area contributed by atoms with Crippen molar-refractivity contribution in [3.05, 3.63) is 75.1 Å². The number of nitrogens with one attached hydrogen (secondary N) is 2. The molecular weight excluding hydrogens is 578 g/mol. The van der Waals surface area contributed by atoms with Gasteiger partial charge in [0.2, 0.25) is 5.95 Å². The Labute approximate surface area is 229 Å². The molecule has 1 aliphatic heterocycles. The molecule has 5 rings (SSSR count). The van der Waals surface area contributed by atoms with E-state index in [1.165, 1.54) is 0 Å². The van der Waals surface area contributed by atoms with Gasteiger partial charge in [-0.2, -0.15) is 0 Å². The van der Waals surface area contributed by atoms with Gasteiger partial charge < -0.3 is 14.1 Å². The maximum Gasteiger partial charge on any atom is 0.355 e. The third-order valence-electron chi connectivity index (χ3n) is 6.16. The number of benzene rings is 1. The number of hydrogen-bond donors (Lipinski definition) is 3. The van der Waals surface area contributed by atoms with E-state index in [4.69, 9.17) is 16.0 Å². The minimum absolute atomic E-state index is 0.0348. The summed E-state index contributed by atoms with van der Waals surface area (Å²) < 4.78 is 7.89. The number of aromatic nitrogens is 6. The fourth-order valence-corrected chi connectivity index (χ4v) is 5.43. The van der Waals surface area contributed by atoms with Crippen molar-refractivity contribution in [2.45, 2.75) is 32.7 Å². The van der Waals surface area contributed by atoms with Gasteiger partial charge in [0.25, 0.3) is 5.91 Å². The Bertz CT molecular complexity index is 1580. The number of hydrogen-bond acceptors (Lipinski definition) is 7. The average Bonchev–Trinajstić information content (AvgIpc) is 3.60. The first-order valence-corrected chi connectivity index (χ1v) is 12.9.